The molecule has 0 aliphatic rings. The first-order valence-corrected chi connectivity index (χ1v) is 8.15. The maximum Gasteiger partial charge on any atom is 0.335 e. The van der Waals surface area contributed by atoms with E-state index in [1.807, 2.05) is 0 Å². The van der Waals surface area contributed by atoms with Gasteiger partial charge in [0.25, 0.3) is 0 Å². The van der Waals surface area contributed by atoms with Crippen LogP contribution in [0.25, 0.3) is 0 Å². The van der Waals surface area contributed by atoms with Crippen molar-refractivity contribution in [1.82, 2.24) is 4.72 Å². The summed E-state index contributed by atoms with van der Waals surface area (Å²) in [4.78, 5) is 11.1. The lowest BCUT2D eigenvalue weighted by atomic mass is 10.1. The molecule has 1 unspecified atom stereocenters. The standard InChI is InChI=1S/C14H21NO5S/c1-9-7-10(2)13(8-12(9)14(17)18)21(19,20)15-11(3)5-4-6-16/h7-8,11,15-16H,4-6H2,1-3H3,(H,17,18). The van der Waals surface area contributed by atoms with Crippen molar-refractivity contribution in [2.75, 3.05) is 6.61 Å². The normalized spacial score (nSPS) is 13.1. The molecule has 1 atom stereocenters. The summed E-state index contributed by atoms with van der Waals surface area (Å²) in [5.41, 5.74) is 0.996. The number of aromatic carboxylic acids is 1. The lowest BCUT2D eigenvalue weighted by Gasteiger charge is -2.16. The fourth-order valence-corrected chi connectivity index (χ4v) is 3.67. The summed E-state index contributed by atoms with van der Waals surface area (Å²) in [5.74, 6) is -1.16. The highest BCUT2D eigenvalue weighted by Gasteiger charge is 2.22. The van der Waals surface area contributed by atoms with Crippen molar-refractivity contribution in [2.45, 2.75) is 44.6 Å². The van der Waals surface area contributed by atoms with Gasteiger partial charge in [-0.3, -0.25) is 0 Å². The smallest absolute Gasteiger partial charge is 0.335 e. The number of hydrogen-bond acceptors (Lipinski definition) is 4. The second-order valence-corrected chi connectivity index (χ2v) is 6.81. The van der Waals surface area contributed by atoms with E-state index in [1.165, 1.54) is 6.07 Å². The molecule has 0 aromatic heterocycles. The minimum absolute atomic E-state index is 0.00120. The van der Waals surface area contributed by atoms with Crippen LogP contribution in [0.15, 0.2) is 17.0 Å². The van der Waals surface area contributed by atoms with E-state index in [1.54, 1.807) is 26.8 Å². The molecule has 0 aliphatic carbocycles. The number of aryl methyl sites for hydroxylation is 2. The Morgan fingerprint density at radius 3 is 2.43 bits per heavy atom. The number of carbonyl (C=O) groups is 1. The number of nitrogens with one attached hydrogen (secondary N) is 1. The molecule has 0 spiro atoms. The van der Waals surface area contributed by atoms with Crippen molar-refractivity contribution in [2.24, 2.45) is 0 Å². The van der Waals surface area contributed by atoms with Crippen LogP contribution in [-0.2, 0) is 10.0 Å². The van der Waals surface area contributed by atoms with E-state index in [9.17, 15) is 13.2 Å². The van der Waals surface area contributed by atoms with Crippen molar-refractivity contribution < 1.29 is 23.4 Å². The molecule has 3 N–H and O–H groups in total. The van der Waals surface area contributed by atoms with Crippen molar-refractivity contribution in [3.05, 3.63) is 28.8 Å². The van der Waals surface area contributed by atoms with Gasteiger partial charge in [-0.1, -0.05) is 6.07 Å². The Morgan fingerprint density at radius 1 is 1.29 bits per heavy atom. The highest BCUT2D eigenvalue weighted by molar-refractivity contribution is 7.89. The second kappa shape index (κ2) is 7.02. The van der Waals surface area contributed by atoms with E-state index in [2.05, 4.69) is 4.72 Å². The van der Waals surface area contributed by atoms with E-state index in [0.29, 0.717) is 24.0 Å². The van der Waals surface area contributed by atoms with Gasteiger partial charge in [0.1, 0.15) is 0 Å². The van der Waals surface area contributed by atoms with Gasteiger partial charge in [0.05, 0.1) is 10.5 Å². The topological polar surface area (TPSA) is 104 Å². The number of sulfonamides is 1. The van der Waals surface area contributed by atoms with Crippen LogP contribution in [0.2, 0.25) is 0 Å². The average molecular weight is 315 g/mol. The predicted octanol–water partition coefficient (Wildman–Crippen LogP) is 1.44. The largest absolute Gasteiger partial charge is 0.478 e. The van der Waals surface area contributed by atoms with E-state index < -0.39 is 16.0 Å². The molecular formula is C14H21NO5S. The van der Waals surface area contributed by atoms with Crippen LogP contribution in [0.5, 0.6) is 0 Å². The van der Waals surface area contributed by atoms with Gasteiger partial charge >= 0.3 is 5.97 Å². The van der Waals surface area contributed by atoms with Crippen molar-refractivity contribution in [1.29, 1.82) is 0 Å². The summed E-state index contributed by atoms with van der Waals surface area (Å²) in [6.07, 6.45) is 1.00. The summed E-state index contributed by atoms with van der Waals surface area (Å²) in [6, 6.07) is 2.40. The van der Waals surface area contributed by atoms with E-state index >= 15 is 0 Å². The second-order valence-electron chi connectivity index (χ2n) is 5.13. The van der Waals surface area contributed by atoms with E-state index in [-0.39, 0.29) is 23.1 Å². The summed E-state index contributed by atoms with van der Waals surface area (Å²) in [5, 5.41) is 17.9. The summed E-state index contributed by atoms with van der Waals surface area (Å²) >= 11 is 0. The van der Waals surface area contributed by atoms with Crippen LogP contribution >= 0.6 is 0 Å². The molecule has 1 aromatic carbocycles. The van der Waals surface area contributed by atoms with Crippen LogP contribution in [0.4, 0.5) is 0 Å². The molecule has 118 valence electrons. The zero-order valence-electron chi connectivity index (χ0n) is 12.4. The molecule has 0 radical (unpaired) electrons. The van der Waals surface area contributed by atoms with Crippen molar-refractivity contribution >= 4 is 16.0 Å². The molecular weight excluding hydrogens is 294 g/mol. The van der Waals surface area contributed by atoms with Crippen molar-refractivity contribution in [3.8, 4) is 0 Å². The Labute approximate surface area is 124 Å². The monoisotopic (exact) mass is 315 g/mol. The molecule has 1 aromatic rings. The van der Waals surface area contributed by atoms with E-state index in [0.717, 1.165) is 0 Å². The Morgan fingerprint density at radius 2 is 1.90 bits per heavy atom. The third kappa shape index (κ3) is 4.52. The minimum atomic E-state index is -3.79. The molecule has 21 heavy (non-hydrogen) atoms. The van der Waals surface area contributed by atoms with Gasteiger partial charge in [-0.15, -0.1) is 0 Å². The number of carboxylic acids is 1. The Balaban J connectivity index is 3.13. The van der Waals surface area contributed by atoms with Crippen LogP contribution in [-0.4, -0.2) is 37.2 Å². The fraction of sp³-hybridized carbons (Fsp3) is 0.500. The fourth-order valence-electron chi connectivity index (χ4n) is 2.14. The predicted molar refractivity (Wildman–Crippen MR) is 79.0 cm³/mol. The number of hydrogen-bond donors (Lipinski definition) is 3. The molecule has 0 aliphatic heterocycles. The van der Waals surface area contributed by atoms with Crippen LogP contribution in [0.3, 0.4) is 0 Å². The summed E-state index contributed by atoms with van der Waals surface area (Å²) in [7, 11) is -3.79. The van der Waals surface area contributed by atoms with Crippen LogP contribution in [0, 0.1) is 13.8 Å². The lowest BCUT2D eigenvalue weighted by molar-refractivity contribution is 0.0696. The minimum Gasteiger partial charge on any atom is -0.478 e. The number of benzene rings is 1. The third-order valence-corrected chi connectivity index (χ3v) is 4.92. The molecule has 0 fully saturated rings. The number of carboxylic acid groups (broad SMARTS) is 1. The quantitative estimate of drug-likeness (QED) is 0.706. The average Bonchev–Trinajstić information content (AvgIpc) is 2.34. The highest BCUT2D eigenvalue weighted by atomic mass is 32.2. The molecule has 7 heteroatoms. The molecule has 0 amide bonds. The SMILES string of the molecule is Cc1cc(C)c(S(=O)(=O)NC(C)CCCO)cc1C(=O)O. The summed E-state index contributed by atoms with van der Waals surface area (Å²) in [6.45, 7) is 4.96. The first-order chi connectivity index (χ1) is 9.69. The first-order valence-electron chi connectivity index (χ1n) is 6.66. The van der Waals surface area contributed by atoms with Gasteiger partial charge in [-0.25, -0.2) is 17.9 Å². The Hall–Kier alpha value is -1.44. The zero-order valence-corrected chi connectivity index (χ0v) is 13.2. The molecule has 1 rings (SSSR count). The van der Waals surface area contributed by atoms with Gasteiger partial charge < -0.3 is 10.2 Å². The molecule has 0 saturated carbocycles. The summed E-state index contributed by atoms with van der Waals surface area (Å²) < 4.78 is 27.2. The number of aliphatic hydroxyl groups excluding tert-OH is 1. The van der Waals surface area contributed by atoms with Crippen molar-refractivity contribution in [3.63, 3.8) is 0 Å². The van der Waals surface area contributed by atoms with Gasteiger partial charge in [0.15, 0.2) is 0 Å². The first kappa shape index (κ1) is 17.6. The maximum absolute atomic E-state index is 12.3. The maximum atomic E-state index is 12.3. The highest BCUT2D eigenvalue weighted by Crippen LogP contribution is 2.21. The number of aliphatic hydroxyl groups is 1. The molecule has 0 saturated heterocycles. The zero-order chi connectivity index (χ0) is 16.2. The molecule has 6 nitrogen and oxygen atoms in total. The lowest BCUT2D eigenvalue weighted by Crippen LogP contribution is -2.33. The molecule has 0 heterocycles. The van der Waals surface area contributed by atoms with Crippen LogP contribution in [0.1, 0.15) is 41.3 Å². The van der Waals surface area contributed by atoms with Gasteiger partial charge in [-0.05, 0) is 50.8 Å². The third-order valence-electron chi connectivity index (χ3n) is 3.19. The van der Waals surface area contributed by atoms with Crippen LogP contribution < -0.4 is 4.72 Å². The van der Waals surface area contributed by atoms with Gasteiger partial charge in [0.2, 0.25) is 10.0 Å². The Kier molecular flexibility index (Phi) is 5.88. The van der Waals surface area contributed by atoms with Gasteiger partial charge in [-0.2, -0.15) is 0 Å². The van der Waals surface area contributed by atoms with Gasteiger partial charge in [0, 0.05) is 12.6 Å². The van der Waals surface area contributed by atoms with E-state index in [4.69, 9.17) is 10.2 Å². The number of rotatable bonds is 7. The molecule has 0 bridgehead atoms. The Bertz CT molecular complexity index is 624.